The SMILES string of the molecule is Cc1ccc2cc(CC(=N)N)ccc2n1. The number of amidine groups is 1. The van der Waals surface area contributed by atoms with E-state index < -0.39 is 0 Å². The maximum atomic E-state index is 7.24. The molecule has 2 aromatic rings. The minimum absolute atomic E-state index is 0.189. The molecular formula is C12H13N3. The molecule has 0 fully saturated rings. The Morgan fingerprint density at radius 1 is 1.33 bits per heavy atom. The summed E-state index contributed by atoms with van der Waals surface area (Å²) in [6.45, 7) is 1.98. The molecule has 0 saturated heterocycles. The number of aromatic nitrogens is 1. The van der Waals surface area contributed by atoms with Crippen molar-refractivity contribution in [3.05, 3.63) is 41.6 Å². The molecule has 0 aliphatic carbocycles. The molecule has 0 saturated carbocycles. The van der Waals surface area contributed by atoms with Gasteiger partial charge in [-0.25, -0.2) is 0 Å². The van der Waals surface area contributed by atoms with Crippen LogP contribution in [0.25, 0.3) is 10.9 Å². The fourth-order valence-corrected chi connectivity index (χ4v) is 1.61. The van der Waals surface area contributed by atoms with Crippen LogP contribution in [0.15, 0.2) is 30.3 Å². The number of benzene rings is 1. The summed E-state index contributed by atoms with van der Waals surface area (Å²) < 4.78 is 0. The first-order chi connectivity index (χ1) is 7.15. The molecule has 1 aromatic carbocycles. The minimum atomic E-state index is 0.189. The molecule has 3 nitrogen and oxygen atoms in total. The first-order valence-corrected chi connectivity index (χ1v) is 4.84. The Balaban J connectivity index is 2.47. The normalized spacial score (nSPS) is 10.5. The zero-order valence-corrected chi connectivity index (χ0v) is 8.62. The van der Waals surface area contributed by atoms with Crippen LogP contribution in [0.5, 0.6) is 0 Å². The third-order valence-corrected chi connectivity index (χ3v) is 2.29. The number of fused-ring (bicyclic) bond motifs is 1. The molecule has 1 aromatic heterocycles. The lowest BCUT2D eigenvalue weighted by Crippen LogP contribution is -2.12. The van der Waals surface area contributed by atoms with Crippen LogP contribution in [0.4, 0.5) is 0 Å². The Kier molecular flexibility index (Phi) is 2.37. The van der Waals surface area contributed by atoms with E-state index in [4.69, 9.17) is 11.1 Å². The second-order valence-corrected chi connectivity index (χ2v) is 3.68. The van der Waals surface area contributed by atoms with Gasteiger partial charge in [0.2, 0.25) is 0 Å². The minimum Gasteiger partial charge on any atom is -0.387 e. The molecule has 3 N–H and O–H groups in total. The third kappa shape index (κ3) is 2.13. The second-order valence-electron chi connectivity index (χ2n) is 3.68. The predicted molar refractivity (Wildman–Crippen MR) is 62.1 cm³/mol. The van der Waals surface area contributed by atoms with Crippen molar-refractivity contribution in [2.24, 2.45) is 5.73 Å². The number of rotatable bonds is 2. The van der Waals surface area contributed by atoms with Crippen molar-refractivity contribution in [3.63, 3.8) is 0 Å². The first kappa shape index (κ1) is 9.65. The Hall–Kier alpha value is -1.90. The Morgan fingerprint density at radius 2 is 2.13 bits per heavy atom. The summed E-state index contributed by atoms with van der Waals surface area (Å²) in [7, 11) is 0. The topological polar surface area (TPSA) is 62.8 Å². The van der Waals surface area contributed by atoms with E-state index in [0.717, 1.165) is 22.2 Å². The summed E-state index contributed by atoms with van der Waals surface area (Å²) in [4.78, 5) is 4.41. The summed E-state index contributed by atoms with van der Waals surface area (Å²) in [5.74, 6) is 0.189. The smallest absolute Gasteiger partial charge is 0.0950 e. The highest BCUT2D eigenvalue weighted by Gasteiger charge is 1.99. The van der Waals surface area contributed by atoms with Crippen molar-refractivity contribution >= 4 is 16.7 Å². The van der Waals surface area contributed by atoms with E-state index in [1.54, 1.807) is 0 Å². The highest BCUT2D eigenvalue weighted by atomic mass is 14.7. The van der Waals surface area contributed by atoms with Gasteiger partial charge in [0.25, 0.3) is 0 Å². The van der Waals surface area contributed by atoms with Crippen molar-refractivity contribution < 1.29 is 0 Å². The van der Waals surface area contributed by atoms with Crippen molar-refractivity contribution in [2.75, 3.05) is 0 Å². The quantitative estimate of drug-likeness (QED) is 0.574. The van der Waals surface area contributed by atoms with E-state index >= 15 is 0 Å². The first-order valence-electron chi connectivity index (χ1n) is 4.84. The number of nitrogens with one attached hydrogen (secondary N) is 1. The molecule has 0 unspecified atom stereocenters. The van der Waals surface area contributed by atoms with Gasteiger partial charge in [-0.15, -0.1) is 0 Å². The summed E-state index contributed by atoms with van der Waals surface area (Å²) in [6.07, 6.45) is 0.504. The lowest BCUT2D eigenvalue weighted by molar-refractivity contribution is 1.23. The lowest BCUT2D eigenvalue weighted by atomic mass is 10.1. The second kappa shape index (κ2) is 3.69. The zero-order chi connectivity index (χ0) is 10.8. The molecule has 3 heteroatoms. The van der Waals surface area contributed by atoms with Crippen LogP contribution in [-0.4, -0.2) is 10.8 Å². The molecule has 0 aliphatic rings. The zero-order valence-electron chi connectivity index (χ0n) is 8.62. The highest BCUT2D eigenvalue weighted by Crippen LogP contribution is 2.14. The summed E-state index contributed by atoms with van der Waals surface area (Å²) in [5.41, 5.74) is 8.42. The Morgan fingerprint density at radius 3 is 2.87 bits per heavy atom. The fourth-order valence-electron chi connectivity index (χ4n) is 1.61. The molecule has 0 radical (unpaired) electrons. The van der Waals surface area contributed by atoms with E-state index in [0.29, 0.717) is 6.42 Å². The predicted octanol–water partition coefficient (Wildman–Crippen LogP) is 2.02. The van der Waals surface area contributed by atoms with Crippen LogP contribution >= 0.6 is 0 Å². The fraction of sp³-hybridized carbons (Fsp3) is 0.167. The van der Waals surface area contributed by atoms with Gasteiger partial charge < -0.3 is 5.73 Å². The summed E-state index contributed by atoms with van der Waals surface area (Å²) in [6, 6.07) is 10.0. The molecule has 0 amide bonds. The van der Waals surface area contributed by atoms with E-state index in [9.17, 15) is 0 Å². The third-order valence-electron chi connectivity index (χ3n) is 2.29. The van der Waals surface area contributed by atoms with Gasteiger partial charge in [-0.05, 0) is 30.7 Å². The number of hydrogen-bond donors (Lipinski definition) is 2. The summed E-state index contributed by atoms with van der Waals surface area (Å²) >= 11 is 0. The molecule has 0 aliphatic heterocycles. The van der Waals surface area contributed by atoms with Gasteiger partial charge in [0, 0.05) is 17.5 Å². The number of hydrogen-bond acceptors (Lipinski definition) is 2. The van der Waals surface area contributed by atoms with Gasteiger partial charge >= 0.3 is 0 Å². The van der Waals surface area contributed by atoms with E-state index in [-0.39, 0.29) is 5.84 Å². The molecule has 15 heavy (non-hydrogen) atoms. The average Bonchev–Trinajstić information content (AvgIpc) is 2.17. The Labute approximate surface area is 88.5 Å². The van der Waals surface area contributed by atoms with Crippen molar-refractivity contribution in [1.82, 2.24) is 4.98 Å². The largest absolute Gasteiger partial charge is 0.387 e. The van der Waals surface area contributed by atoms with Gasteiger partial charge in [0.05, 0.1) is 11.4 Å². The van der Waals surface area contributed by atoms with Gasteiger partial charge in [-0.1, -0.05) is 12.1 Å². The average molecular weight is 199 g/mol. The van der Waals surface area contributed by atoms with Crippen LogP contribution in [0, 0.1) is 12.3 Å². The number of aryl methyl sites for hydroxylation is 1. The molecule has 0 atom stereocenters. The van der Waals surface area contributed by atoms with Crippen LogP contribution in [0.3, 0.4) is 0 Å². The van der Waals surface area contributed by atoms with Crippen LogP contribution in [-0.2, 0) is 6.42 Å². The van der Waals surface area contributed by atoms with Crippen LogP contribution in [0.2, 0.25) is 0 Å². The molecule has 0 spiro atoms. The van der Waals surface area contributed by atoms with Gasteiger partial charge in [0.15, 0.2) is 0 Å². The molecule has 0 bridgehead atoms. The van der Waals surface area contributed by atoms with E-state index in [1.165, 1.54) is 0 Å². The Bertz CT molecular complexity index is 517. The lowest BCUT2D eigenvalue weighted by Gasteiger charge is -2.02. The van der Waals surface area contributed by atoms with Gasteiger partial charge in [0.1, 0.15) is 0 Å². The monoisotopic (exact) mass is 199 g/mol. The maximum absolute atomic E-state index is 7.24. The number of nitrogens with zero attached hydrogens (tertiary/aromatic N) is 1. The van der Waals surface area contributed by atoms with Gasteiger partial charge in [-0.3, -0.25) is 10.4 Å². The molecule has 76 valence electrons. The standard InChI is InChI=1S/C12H13N3/c1-8-2-4-10-6-9(7-12(13)14)3-5-11(10)15-8/h2-6H,7H2,1H3,(H3,13,14). The van der Waals surface area contributed by atoms with Crippen LogP contribution < -0.4 is 5.73 Å². The number of pyridine rings is 1. The molecule has 1 heterocycles. The van der Waals surface area contributed by atoms with E-state index in [1.807, 2.05) is 37.3 Å². The van der Waals surface area contributed by atoms with Gasteiger partial charge in [-0.2, -0.15) is 0 Å². The summed E-state index contributed by atoms with van der Waals surface area (Å²) in [5, 5.41) is 8.33. The van der Waals surface area contributed by atoms with Crippen molar-refractivity contribution in [3.8, 4) is 0 Å². The number of nitrogens with two attached hydrogens (primary N) is 1. The van der Waals surface area contributed by atoms with Crippen LogP contribution in [0.1, 0.15) is 11.3 Å². The molecular weight excluding hydrogens is 186 g/mol. The van der Waals surface area contributed by atoms with E-state index in [2.05, 4.69) is 4.98 Å². The van der Waals surface area contributed by atoms with Crippen molar-refractivity contribution in [1.29, 1.82) is 5.41 Å². The van der Waals surface area contributed by atoms with Crippen molar-refractivity contribution in [2.45, 2.75) is 13.3 Å². The highest BCUT2D eigenvalue weighted by molar-refractivity contribution is 5.83. The molecule has 2 rings (SSSR count). The maximum Gasteiger partial charge on any atom is 0.0950 e.